The Kier molecular flexibility index (Phi) is 2.95. The molecule has 0 radical (unpaired) electrons. The van der Waals surface area contributed by atoms with Gasteiger partial charge in [-0.25, -0.2) is 0 Å². The van der Waals surface area contributed by atoms with Crippen molar-refractivity contribution in [2.75, 3.05) is 6.54 Å². The summed E-state index contributed by atoms with van der Waals surface area (Å²) in [6, 6.07) is 9.17. The van der Waals surface area contributed by atoms with Crippen molar-refractivity contribution in [3.63, 3.8) is 0 Å². The maximum atomic E-state index is 6.41. The molecular formula is C16H24N2. The standard InChI is InChI=1S/C16H24N2/c1-16(2)8-7-14(15(16)17)11-18-9-12-5-3-4-6-13(12)10-18/h3-6,14-15H,7-11,17H2,1-2H3. The van der Waals surface area contributed by atoms with Crippen molar-refractivity contribution in [2.45, 2.75) is 45.8 Å². The van der Waals surface area contributed by atoms with Crippen molar-refractivity contribution in [1.82, 2.24) is 4.90 Å². The molecule has 0 amide bonds. The van der Waals surface area contributed by atoms with Gasteiger partial charge in [-0.15, -0.1) is 0 Å². The minimum absolute atomic E-state index is 0.331. The lowest BCUT2D eigenvalue weighted by Crippen LogP contribution is -2.41. The summed E-state index contributed by atoms with van der Waals surface area (Å²) in [5, 5.41) is 0. The molecule has 18 heavy (non-hydrogen) atoms. The summed E-state index contributed by atoms with van der Waals surface area (Å²) in [5.74, 6) is 0.675. The van der Waals surface area contributed by atoms with Gasteiger partial charge in [0.25, 0.3) is 0 Å². The van der Waals surface area contributed by atoms with Gasteiger partial charge < -0.3 is 5.73 Å². The molecule has 1 fully saturated rings. The highest BCUT2D eigenvalue weighted by atomic mass is 15.1. The van der Waals surface area contributed by atoms with Crippen LogP contribution >= 0.6 is 0 Å². The molecule has 1 aromatic carbocycles. The Labute approximate surface area is 110 Å². The Morgan fingerprint density at radius 1 is 1.22 bits per heavy atom. The Hall–Kier alpha value is -0.860. The van der Waals surface area contributed by atoms with E-state index in [4.69, 9.17) is 5.73 Å². The predicted octanol–water partition coefficient (Wildman–Crippen LogP) is 2.77. The molecule has 0 spiro atoms. The lowest BCUT2D eigenvalue weighted by Gasteiger charge is -2.29. The van der Waals surface area contributed by atoms with Crippen molar-refractivity contribution in [3.05, 3.63) is 35.4 Å². The summed E-state index contributed by atoms with van der Waals surface area (Å²) < 4.78 is 0. The SMILES string of the molecule is CC1(C)CCC(CN2Cc3ccccc3C2)C1N. The first-order valence-electron chi connectivity index (χ1n) is 7.11. The van der Waals surface area contributed by atoms with E-state index < -0.39 is 0 Å². The largest absolute Gasteiger partial charge is 0.327 e. The number of hydrogen-bond donors (Lipinski definition) is 1. The normalized spacial score (nSPS) is 30.6. The first-order valence-corrected chi connectivity index (χ1v) is 7.11. The first-order chi connectivity index (χ1) is 8.56. The number of nitrogens with zero attached hydrogens (tertiary/aromatic N) is 1. The fourth-order valence-electron chi connectivity index (χ4n) is 3.61. The van der Waals surface area contributed by atoms with E-state index in [-0.39, 0.29) is 0 Å². The van der Waals surface area contributed by atoms with E-state index in [1.54, 1.807) is 0 Å². The summed E-state index contributed by atoms with van der Waals surface area (Å²) in [5.41, 5.74) is 9.75. The molecule has 0 saturated heterocycles. The van der Waals surface area contributed by atoms with E-state index in [0.29, 0.717) is 17.4 Å². The lowest BCUT2D eigenvalue weighted by molar-refractivity contribution is 0.207. The van der Waals surface area contributed by atoms with E-state index >= 15 is 0 Å². The van der Waals surface area contributed by atoms with Crippen molar-refractivity contribution >= 4 is 0 Å². The Morgan fingerprint density at radius 3 is 2.33 bits per heavy atom. The Bertz CT molecular complexity index is 413. The van der Waals surface area contributed by atoms with E-state index in [0.717, 1.165) is 13.1 Å². The first kappa shape index (κ1) is 12.2. The summed E-state index contributed by atoms with van der Waals surface area (Å²) in [7, 11) is 0. The molecule has 2 heteroatoms. The van der Waals surface area contributed by atoms with Crippen molar-refractivity contribution in [3.8, 4) is 0 Å². The van der Waals surface area contributed by atoms with Crippen molar-refractivity contribution in [2.24, 2.45) is 17.1 Å². The van der Waals surface area contributed by atoms with E-state index in [1.807, 2.05) is 0 Å². The number of nitrogens with two attached hydrogens (primary N) is 1. The fraction of sp³-hybridized carbons (Fsp3) is 0.625. The second kappa shape index (κ2) is 4.36. The Balaban J connectivity index is 1.64. The van der Waals surface area contributed by atoms with Crippen LogP contribution in [0.1, 0.15) is 37.8 Å². The smallest absolute Gasteiger partial charge is 0.0240 e. The minimum atomic E-state index is 0.331. The van der Waals surface area contributed by atoms with Crippen LogP contribution in [0.5, 0.6) is 0 Å². The van der Waals surface area contributed by atoms with Crippen LogP contribution in [0.15, 0.2) is 24.3 Å². The van der Waals surface area contributed by atoms with E-state index in [1.165, 1.54) is 30.5 Å². The van der Waals surface area contributed by atoms with Gasteiger partial charge in [-0.05, 0) is 35.3 Å². The van der Waals surface area contributed by atoms with Gasteiger partial charge in [0.15, 0.2) is 0 Å². The second-order valence-electron chi connectivity index (χ2n) is 6.75. The van der Waals surface area contributed by atoms with Gasteiger partial charge in [-0.2, -0.15) is 0 Å². The molecule has 2 aliphatic rings. The average molecular weight is 244 g/mol. The molecule has 0 aromatic heterocycles. The molecule has 1 aliphatic heterocycles. The zero-order valence-corrected chi connectivity index (χ0v) is 11.5. The van der Waals surface area contributed by atoms with Crippen LogP contribution in [0, 0.1) is 11.3 Å². The van der Waals surface area contributed by atoms with Crippen LogP contribution < -0.4 is 5.73 Å². The zero-order chi connectivity index (χ0) is 12.8. The summed E-state index contributed by atoms with van der Waals surface area (Å²) in [6.07, 6.45) is 2.57. The molecule has 1 aliphatic carbocycles. The topological polar surface area (TPSA) is 29.3 Å². The van der Waals surface area contributed by atoms with Gasteiger partial charge in [0, 0.05) is 25.7 Å². The highest BCUT2D eigenvalue weighted by molar-refractivity contribution is 5.30. The van der Waals surface area contributed by atoms with Crippen LogP contribution in [-0.4, -0.2) is 17.5 Å². The molecule has 2 unspecified atom stereocenters. The number of benzene rings is 1. The van der Waals surface area contributed by atoms with Crippen LogP contribution in [0.25, 0.3) is 0 Å². The number of fused-ring (bicyclic) bond motifs is 1. The van der Waals surface area contributed by atoms with Gasteiger partial charge in [0.2, 0.25) is 0 Å². The molecule has 98 valence electrons. The molecule has 0 bridgehead atoms. The van der Waals surface area contributed by atoms with E-state index in [9.17, 15) is 0 Å². The monoisotopic (exact) mass is 244 g/mol. The summed E-state index contributed by atoms with van der Waals surface area (Å²) in [4.78, 5) is 2.57. The summed E-state index contributed by atoms with van der Waals surface area (Å²) in [6.45, 7) is 8.02. The van der Waals surface area contributed by atoms with Crippen LogP contribution in [-0.2, 0) is 13.1 Å². The zero-order valence-electron chi connectivity index (χ0n) is 11.5. The van der Waals surface area contributed by atoms with Gasteiger partial charge in [-0.1, -0.05) is 38.1 Å². The van der Waals surface area contributed by atoms with Gasteiger partial charge in [0.1, 0.15) is 0 Å². The quantitative estimate of drug-likeness (QED) is 0.867. The van der Waals surface area contributed by atoms with Crippen molar-refractivity contribution in [1.29, 1.82) is 0 Å². The second-order valence-corrected chi connectivity index (χ2v) is 6.75. The van der Waals surface area contributed by atoms with Crippen molar-refractivity contribution < 1.29 is 0 Å². The molecule has 1 saturated carbocycles. The van der Waals surface area contributed by atoms with E-state index in [2.05, 4.69) is 43.0 Å². The van der Waals surface area contributed by atoms with Crippen LogP contribution in [0.2, 0.25) is 0 Å². The molecular weight excluding hydrogens is 220 g/mol. The number of hydrogen-bond acceptors (Lipinski definition) is 2. The molecule has 2 N–H and O–H groups in total. The third-order valence-corrected chi connectivity index (χ3v) is 4.97. The third kappa shape index (κ3) is 2.08. The molecule has 2 atom stereocenters. The fourth-order valence-corrected chi connectivity index (χ4v) is 3.61. The van der Waals surface area contributed by atoms with Gasteiger partial charge in [-0.3, -0.25) is 4.90 Å². The maximum Gasteiger partial charge on any atom is 0.0240 e. The minimum Gasteiger partial charge on any atom is -0.327 e. The molecule has 2 nitrogen and oxygen atoms in total. The van der Waals surface area contributed by atoms with Gasteiger partial charge >= 0.3 is 0 Å². The molecule has 1 heterocycles. The highest BCUT2D eigenvalue weighted by Crippen LogP contribution is 2.41. The highest BCUT2D eigenvalue weighted by Gasteiger charge is 2.40. The Morgan fingerprint density at radius 2 is 1.83 bits per heavy atom. The molecule has 3 rings (SSSR count). The molecule has 1 aromatic rings. The van der Waals surface area contributed by atoms with Crippen LogP contribution in [0.3, 0.4) is 0 Å². The average Bonchev–Trinajstić information content (AvgIpc) is 2.85. The lowest BCUT2D eigenvalue weighted by atomic mass is 9.85. The number of rotatable bonds is 2. The van der Waals surface area contributed by atoms with Crippen LogP contribution in [0.4, 0.5) is 0 Å². The third-order valence-electron chi connectivity index (χ3n) is 4.97. The maximum absolute atomic E-state index is 6.41. The predicted molar refractivity (Wildman–Crippen MR) is 75.0 cm³/mol. The van der Waals surface area contributed by atoms with Gasteiger partial charge in [0.05, 0.1) is 0 Å². The summed E-state index contributed by atoms with van der Waals surface area (Å²) >= 11 is 0.